The number of halogens is 1. The van der Waals surface area contributed by atoms with Gasteiger partial charge in [0.1, 0.15) is 33.0 Å². The van der Waals surface area contributed by atoms with E-state index in [-0.39, 0.29) is 0 Å². The average molecular weight is 586 g/mol. The molecule has 4 nitrogen and oxygen atoms in total. The van der Waals surface area contributed by atoms with Crippen LogP contribution in [0.4, 0.5) is 5.00 Å². The fourth-order valence-electron chi connectivity index (χ4n) is 4.46. The molecule has 0 unspecified atom stereocenters. The van der Waals surface area contributed by atoms with Crippen molar-refractivity contribution in [2.45, 2.75) is 13.5 Å². The number of ether oxygens (including phenoxy) is 1. The number of anilines is 1. The Morgan fingerprint density at radius 2 is 1.38 bits per heavy atom. The number of aryl methyl sites for hydroxylation is 1. The molecule has 0 saturated heterocycles. The number of nitrogens with zero attached hydrogens (tertiary/aromatic N) is 2. The maximum atomic E-state index is 6.15. The molecule has 206 valence electrons. The summed E-state index contributed by atoms with van der Waals surface area (Å²) in [6, 6.07) is 44.4. The predicted octanol–water partition coefficient (Wildman–Crippen LogP) is 10.3. The van der Waals surface area contributed by atoms with Crippen molar-refractivity contribution in [3.8, 4) is 33.3 Å². The molecule has 6 heteroatoms. The van der Waals surface area contributed by atoms with E-state index in [9.17, 15) is 0 Å². The normalized spacial score (nSPS) is 11.3. The highest BCUT2D eigenvalue weighted by Gasteiger charge is 2.17. The molecule has 0 saturated carbocycles. The third kappa shape index (κ3) is 6.60. The van der Waals surface area contributed by atoms with Gasteiger partial charge in [0, 0.05) is 21.7 Å². The van der Waals surface area contributed by atoms with E-state index >= 15 is 0 Å². The van der Waals surface area contributed by atoms with Crippen LogP contribution in [-0.2, 0) is 6.54 Å². The van der Waals surface area contributed by atoms with E-state index < -0.39 is 0 Å². The lowest BCUT2D eigenvalue weighted by molar-refractivity contribution is 0.482. The average Bonchev–Trinajstić information content (AvgIpc) is 3.47. The van der Waals surface area contributed by atoms with E-state index in [0.29, 0.717) is 6.54 Å². The van der Waals surface area contributed by atoms with E-state index in [1.165, 1.54) is 0 Å². The molecule has 1 N–H and O–H groups in total. The first kappa shape index (κ1) is 27.5. The maximum Gasteiger partial charge on any atom is 0.133 e. The SMILES string of the molecule is Cc1cc(Oc2ccc(CN=C(Nc3sc(-c4ccccc4)nc3-c3ccccc3)c3ccccc3)cc2)ccc1Cl. The van der Waals surface area contributed by atoms with Crippen molar-refractivity contribution < 1.29 is 4.74 Å². The van der Waals surface area contributed by atoms with Gasteiger partial charge in [0.25, 0.3) is 0 Å². The zero-order valence-electron chi connectivity index (χ0n) is 23.0. The van der Waals surface area contributed by atoms with Crippen LogP contribution >= 0.6 is 22.9 Å². The van der Waals surface area contributed by atoms with Gasteiger partial charge in [-0.25, -0.2) is 4.98 Å². The standard InChI is InChI=1S/C36H28ClN3OS/c1-25-23-31(21-22-32(25)37)41-30-19-17-26(18-20-30)24-38-34(28-13-7-3-8-14-28)40-36-33(27-11-5-2-6-12-27)39-35(42-36)29-15-9-4-10-16-29/h2-23H,24H2,1H3,(H,38,40). The first-order chi connectivity index (χ1) is 20.6. The molecule has 5 aromatic carbocycles. The number of hydrogen-bond acceptors (Lipinski definition) is 4. The van der Waals surface area contributed by atoms with Crippen molar-refractivity contribution in [2.75, 3.05) is 5.32 Å². The molecule has 0 aliphatic heterocycles. The van der Waals surface area contributed by atoms with Gasteiger partial charge in [-0.05, 0) is 48.4 Å². The van der Waals surface area contributed by atoms with Crippen molar-refractivity contribution in [3.63, 3.8) is 0 Å². The molecular weight excluding hydrogens is 558 g/mol. The summed E-state index contributed by atoms with van der Waals surface area (Å²) in [7, 11) is 0. The summed E-state index contributed by atoms with van der Waals surface area (Å²) in [5.41, 5.74) is 6.10. The molecule has 42 heavy (non-hydrogen) atoms. The van der Waals surface area contributed by atoms with Gasteiger partial charge in [-0.3, -0.25) is 4.99 Å². The topological polar surface area (TPSA) is 46.5 Å². The molecule has 0 aliphatic carbocycles. The minimum atomic E-state index is 0.503. The van der Waals surface area contributed by atoms with Crippen molar-refractivity contribution in [1.82, 2.24) is 4.98 Å². The smallest absolute Gasteiger partial charge is 0.133 e. The summed E-state index contributed by atoms with van der Waals surface area (Å²) in [4.78, 5) is 10.1. The Morgan fingerprint density at radius 1 is 0.762 bits per heavy atom. The second-order valence-corrected chi connectivity index (χ2v) is 11.1. The van der Waals surface area contributed by atoms with Crippen LogP contribution in [0.15, 0.2) is 138 Å². The highest BCUT2D eigenvalue weighted by molar-refractivity contribution is 7.19. The number of rotatable bonds is 8. The number of benzene rings is 5. The zero-order chi connectivity index (χ0) is 28.7. The third-order valence-corrected chi connectivity index (χ3v) is 8.13. The fraction of sp³-hybridized carbons (Fsp3) is 0.0556. The van der Waals surface area contributed by atoms with Crippen LogP contribution in [0.25, 0.3) is 21.8 Å². The second kappa shape index (κ2) is 12.9. The van der Waals surface area contributed by atoms with Crippen LogP contribution in [0.3, 0.4) is 0 Å². The molecule has 0 radical (unpaired) electrons. The Bertz CT molecular complexity index is 1800. The summed E-state index contributed by atoms with van der Waals surface area (Å²) >= 11 is 7.78. The lowest BCUT2D eigenvalue weighted by atomic mass is 10.1. The minimum absolute atomic E-state index is 0.503. The van der Waals surface area contributed by atoms with E-state index in [4.69, 9.17) is 26.3 Å². The summed E-state index contributed by atoms with van der Waals surface area (Å²) < 4.78 is 6.02. The first-order valence-electron chi connectivity index (χ1n) is 13.6. The Kier molecular flexibility index (Phi) is 8.41. The van der Waals surface area contributed by atoms with Crippen LogP contribution in [0.2, 0.25) is 5.02 Å². The van der Waals surface area contributed by atoms with Crippen molar-refractivity contribution in [1.29, 1.82) is 0 Å². The van der Waals surface area contributed by atoms with Gasteiger partial charge in [-0.2, -0.15) is 0 Å². The molecule has 1 aromatic heterocycles. The summed E-state index contributed by atoms with van der Waals surface area (Å²) in [6.45, 7) is 2.47. The predicted molar refractivity (Wildman–Crippen MR) is 176 cm³/mol. The maximum absolute atomic E-state index is 6.15. The lowest BCUT2D eigenvalue weighted by Crippen LogP contribution is -2.14. The van der Waals surface area contributed by atoms with E-state index in [1.807, 2.05) is 104 Å². The van der Waals surface area contributed by atoms with Crippen LogP contribution in [-0.4, -0.2) is 10.8 Å². The molecule has 6 rings (SSSR count). The van der Waals surface area contributed by atoms with Crippen LogP contribution < -0.4 is 10.1 Å². The number of aromatic nitrogens is 1. The summed E-state index contributed by atoms with van der Waals surface area (Å²) in [5.74, 6) is 2.30. The Balaban J connectivity index is 1.28. The molecule has 0 spiro atoms. The van der Waals surface area contributed by atoms with Gasteiger partial charge in [0.15, 0.2) is 0 Å². The van der Waals surface area contributed by atoms with Gasteiger partial charge >= 0.3 is 0 Å². The van der Waals surface area contributed by atoms with Crippen LogP contribution in [0.1, 0.15) is 16.7 Å². The number of aliphatic imine (C=N–C) groups is 1. The lowest BCUT2D eigenvalue weighted by Gasteiger charge is -2.11. The minimum Gasteiger partial charge on any atom is -0.457 e. The van der Waals surface area contributed by atoms with Crippen LogP contribution in [0.5, 0.6) is 11.5 Å². The van der Waals surface area contributed by atoms with Gasteiger partial charge in [-0.15, -0.1) is 0 Å². The highest BCUT2D eigenvalue weighted by Crippen LogP contribution is 2.38. The van der Waals surface area contributed by atoms with Crippen LogP contribution in [0, 0.1) is 6.92 Å². The number of thiazole rings is 1. The molecule has 0 atom stereocenters. The van der Waals surface area contributed by atoms with Gasteiger partial charge in [0.2, 0.25) is 0 Å². The summed E-state index contributed by atoms with van der Waals surface area (Å²) in [6.07, 6.45) is 0. The molecular formula is C36H28ClN3OS. The summed E-state index contributed by atoms with van der Waals surface area (Å²) in [5, 5.41) is 6.28. The van der Waals surface area contributed by atoms with E-state index in [2.05, 4.69) is 41.7 Å². The fourth-order valence-corrected chi connectivity index (χ4v) is 5.57. The quantitative estimate of drug-likeness (QED) is 0.143. The Morgan fingerprint density at radius 3 is 2.05 bits per heavy atom. The van der Waals surface area contributed by atoms with Gasteiger partial charge < -0.3 is 10.1 Å². The second-order valence-electron chi connectivity index (χ2n) is 9.74. The molecule has 0 bridgehead atoms. The molecule has 1 heterocycles. The molecule has 0 aliphatic rings. The van der Waals surface area contributed by atoms with Crippen molar-refractivity contribution in [3.05, 3.63) is 155 Å². The number of hydrogen-bond donors (Lipinski definition) is 1. The van der Waals surface area contributed by atoms with E-state index in [1.54, 1.807) is 11.3 Å². The monoisotopic (exact) mass is 585 g/mol. The zero-order valence-corrected chi connectivity index (χ0v) is 24.6. The van der Waals surface area contributed by atoms with Gasteiger partial charge in [-0.1, -0.05) is 126 Å². The first-order valence-corrected chi connectivity index (χ1v) is 14.8. The van der Waals surface area contributed by atoms with E-state index in [0.717, 1.165) is 65.9 Å². The highest BCUT2D eigenvalue weighted by atomic mass is 35.5. The Hall–Kier alpha value is -4.71. The number of amidine groups is 1. The van der Waals surface area contributed by atoms with Gasteiger partial charge in [0.05, 0.1) is 6.54 Å². The van der Waals surface area contributed by atoms with Crippen molar-refractivity contribution >= 4 is 33.8 Å². The Labute approximate surface area is 255 Å². The molecule has 0 amide bonds. The molecule has 0 fully saturated rings. The third-order valence-electron chi connectivity index (χ3n) is 6.68. The van der Waals surface area contributed by atoms with Crippen molar-refractivity contribution in [2.24, 2.45) is 4.99 Å². The number of nitrogens with one attached hydrogen (secondary N) is 1. The molecule has 6 aromatic rings. The largest absolute Gasteiger partial charge is 0.457 e.